The molecule has 1 aromatic heterocycles. The molecule has 1 aromatic carbocycles. The van der Waals surface area contributed by atoms with Gasteiger partial charge in [0.05, 0.1) is 15.5 Å². The van der Waals surface area contributed by atoms with E-state index in [1.807, 2.05) is 0 Å². The van der Waals surface area contributed by atoms with Crippen molar-refractivity contribution < 1.29 is 13.2 Å². The molecule has 0 aliphatic carbocycles. The maximum absolute atomic E-state index is 12.2. The summed E-state index contributed by atoms with van der Waals surface area (Å²) in [6.07, 6.45) is 0. The average molecular weight is 396 g/mol. The summed E-state index contributed by atoms with van der Waals surface area (Å²) in [6, 6.07) is 5.67. The largest absolute Gasteiger partial charge is 0.366 e. The third-order valence-corrected chi connectivity index (χ3v) is 5.88. The van der Waals surface area contributed by atoms with Crippen LogP contribution in [0.25, 0.3) is 0 Å². The predicted octanol–water partition coefficient (Wildman–Crippen LogP) is 3.06. The van der Waals surface area contributed by atoms with Crippen LogP contribution in [0.15, 0.2) is 39.0 Å². The Morgan fingerprint density at radius 2 is 2.05 bits per heavy atom. The second-order valence-corrected chi connectivity index (χ2v) is 7.57. The molecule has 0 radical (unpaired) electrons. The Kier molecular flexibility index (Phi) is 4.38. The Bertz CT molecular complexity index is 774. The van der Waals surface area contributed by atoms with Crippen LogP contribution >= 0.6 is 38.9 Å². The first kappa shape index (κ1) is 15.3. The average Bonchev–Trinajstić information content (AvgIpc) is 2.80. The van der Waals surface area contributed by atoms with Crippen molar-refractivity contribution in [1.29, 1.82) is 0 Å². The molecule has 0 saturated carbocycles. The quantitative estimate of drug-likeness (QED) is 0.833. The van der Waals surface area contributed by atoms with Crippen molar-refractivity contribution >= 4 is 59.8 Å². The van der Waals surface area contributed by atoms with Crippen LogP contribution in [0.2, 0.25) is 5.02 Å². The summed E-state index contributed by atoms with van der Waals surface area (Å²) >= 11 is 10.1. The highest BCUT2D eigenvalue weighted by Gasteiger charge is 2.19. The summed E-state index contributed by atoms with van der Waals surface area (Å²) < 4.78 is 27.2. The van der Waals surface area contributed by atoms with Gasteiger partial charge in [-0.3, -0.25) is 9.52 Å². The van der Waals surface area contributed by atoms with Crippen molar-refractivity contribution in [2.45, 2.75) is 4.90 Å². The number of rotatable bonds is 4. The molecule has 1 amide bonds. The number of sulfonamides is 1. The lowest BCUT2D eigenvalue weighted by atomic mass is 10.3. The highest BCUT2D eigenvalue weighted by molar-refractivity contribution is 9.10. The smallest absolute Gasteiger partial charge is 0.262 e. The lowest BCUT2D eigenvalue weighted by Crippen LogP contribution is -2.17. The third kappa shape index (κ3) is 3.14. The van der Waals surface area contributed by atoms with E-state index in [0.29, 0.717) is 9.50 Å². The Balaban J connectivity index is 2.38. The Morgan fingerprint density at radius 3 is 2.65 bits per heavy atom. The van der Waals surface area contributed by atoms with E-state index >= 15 is 0 Å². The molecule has 0 unspecified atom stereocenters. The minimum atomic E-state index is -3.81. The summed E-state index contributed by atoms with van der Waals surface area (Å²) in [6.45, 7) is 0. The summed E-state index contributed by atoms with van der Waals surface area (Å²) in [4.78, 5) is 11.2. The Hall–Kier alpha value is -1.09. The number of anilines is 1. The van der Waals surface area contributed by atoms with Gasteiger partial charge in [0.2, 0.25) is 0 Å². The number of halogens is 2. The zero-order valence-electron chi connectivity index (χ0n) is 9.76. The molecular weight excluding hydrogens is 388 g/mol. The Morgan fingerprint density at radius 1 is 1.35 bits per heavy atom. The summed E-state index contributed by atoms with van der Waals surface area (Å²) in [5.74, 6) is -0.693. The second-order valence-electron chi connectivity index (χ2n) is 3.71. The molecule has 1 heterocycles. The van der Waals surface area contributed by atoms with Gasteiger partial charge in [0.1, 0.15) is 5.00 Å². The van der Waals surface area contributed by atoms with Crippen LogP contribution in [0.3, 0.4) is 0 Å². The molecule has 0 bridgehead atoms. The molecule has 2 rings (SSSR count). The van der Waals surface area contributed by atoms with Crippen LogP contribution in [-0.4, -0.2) is 14.3 Å². The van der Waals surface area contributed by atoms with Gasteiger partial charge >= 0.3 is 0 Å². The lowest BCUT2D eigenvalue weighted by molar-refractivity contribution is 0.100. The van der Waals surface area contributed by atoms with Gasteiger partial charge in [-0.05, 0) is 45.6 Å². The third-order valence-electron chi connectivity index (χ3n) is 2.36. The maximum Gasteiger partial charge on any atom is 0.262 e. The van der Waals surface area contributed by atoms with E-state index in [-0.39, 0.29) is 15.5 Å². The van der Waals surface area contributed by atoms with Gasteiger partial charge in [0.15, 0.2) is 0 Å². The molecule has 5 nitrogen and oxygen atoms in total. The number of amides is 1. The molecule has 0 atom stereocenters. The number of primary amides is 1. The molecule has 106 valence electrons. The van der Waals surface area contributed by atoms with E-state index in [0.717, 1.165) is 11.3 Å². The molecule has 20 heavy (non-hydrogen) atoms. The van der Waals surface area contributed by atoms with Gasteiger partial charge in [-0.1, -0.05) is 11.6 Å². The zero-order chi connectivity index (χ0) is 14.9. The normalized spacial score (nSPS) is 11.3. The van der Waals surface area contributed by atoms with E-state index in [1.165, 1.54) is 24.3 Å². The number of benzene rings is 1. The van der Waals surface area contributed by atoms with E-state index in [9.17, 15) is 13.2 Å². The van der Waals surface area contributed by atoms with Crippen molar-refractivity contribution in [3.8, 4) is 0 Å². The van der Waals surface area contributed by atoms with Crippen LogP contribution in [0.5, 0.6) is 0 Å². The SMILES string of the molecule is NC(=O)c1ccsc1NS(=O)(=O)c1ccc(Cl)c(Br)c1. The fourth-order valence-corrected chi connectivity index (χ4v) is 4.20. The minimum Gasteiger partial charge on any atom is -0.366 e. The van der Waals surface area contributed by atoms with Gasteiger partial charge < -0.3 is 5.73 Å². The molecule has 0 spiro atoms. The van der Waals surface area contributed by atoms with Gasteiger partial charge in [0, 0.05) is 4.47 Å². The van der Waals surface area contributed by atoms with Crippen LogP contribution < -0.4 is 10.5 Å². The summed E-state index contributed by atoms with van der Waals surface area (Å²) in [7, 11) is -3.81. The second kappa shape index (κ2) is 5.72. The zero-order valence-corrected chi connectivity index (χ0v) is 13.7. The topological polar surface area (TPSA) is 89.3 Å². The molecule has 0 aliphatic heterocycles. The Labute approximate surface area is 132 Å². The van der Waals surface area contributed by atoms with Crippen LogP contribution in [0.1, 0.15) is 10.4 Å². The standard InChI is InChI=1S/C11H8BrClN2O3S2/c12-8-5-6(1-2-9(8)13)20(17,18)15-11-7(10(14)16)3-4-19-11/h1-5,15H,(H2,14,16). The van der Waals surface area contributed by atoms with Gasteiger partial charge in [-0.25, -0.2) is 8.42 Å². The number of thiophene rings is 1. The predicted molar refractivity (Wildman–Crippen MR) is 82.8 cm³/mol. The molecule has 9 heteroatoms. The number of nitrogens with one attached hydrogen (secondary N) is 1. The minimum absolute atomic E-state index is 0.0256. The van der Waals surface area contributed by atoms with Crippen molar-refractivity contribution in [3.05, 3.63) is 44.7 Å². The first-order valence-electron chi connectivity index (χ1n) is 5.16. The monoisotopic (exact) mass is 394 g/mol. The first-order chi connectivity index (χ1) is 9.31. The number of nitrogens with two attached hydrogens (primary N) is 1. The number of hydrogen-bond donors (Lipinski definition) is 2. The molecule has 0 fully saturated rings. The molecule has 0 saturated heterocycles. The number of carbonyl (C=O) groups is 1. The van der Waals surface area contributed by atoms with E-state index in [2.05, 4.69) is 20.7 Å². The van der Waals surface area contributed by atoms with Crippen molar-refractivity contribution in [3.63, 3.8) is 0 Å². The highest BCUT2D eigenvalue weighted by Crippen LogP contribution is 2.29. The van der Waals surface area contributed by atoms with Crippen molar-refractivity contribution in [2.24, 2.45) is 5.73 Å². The van der Waals surface area contributed by atoms with Gasteiger partial charge in [-0.15, -0.1) is 11.3 Å². The summed E-state index contributed by atoms with van der Waals surface area (Å²) in [5, 5.41) is 2.16. The molecule has 2 aromatic rings. The summed E-state index contributed by atoms with van der Waals surface area (Å²) in [5.41, 5.74) is 5.30. The van der Waals surface area contributed by atoms with Gasteiger partial charge in [0.25, 0.3) is 15.9 Å². The fourth-order valence-electron chi connectivity index (χ4n) is 1.41. The van der Waals surface area contributed by atoms with Crippen molar-refractivity contribution in [1.82, 2.24) is 0 Å². The van der Waals surface area contributed by atoms with Crippen molar-refractivity contribution in [2.75, 3.05) is 4.72 Å². The van der Waals surface area contributed by atoms with Crippen LogP contribution in [0.4, 0.5) is 5.00 Å². The molecule has 3 N–H and O–H groups in total. The number of hydrogen-bond acceptors (Lipinski definition) is 4. The van der Waals surface area contributed by atoms with Gasteiger partial charge in [-0.2, -0.15) is 0 Å². The lowest BCUT2D eigenvalue weighted by Gasteiger charge is -2.08. The van der Waals surface area contributed by atoms with E-state index < -0.39 is 15.9 Å². The highest BCUT2D eigenvalue weighted by atomic mass is 79.9. The molecule has 0 aliphatic rings. The van der Waals surface area contributed by atoms with Crippen LogP contribution in [-0.2, 0) is 10.0 Å². The maximum atomic E-state index is 12.2. The van der Waals surface area contributed by atoms with E-state index in [1.54, 1.807) is 5.38 Å². The van der Waals surface area contributed by atoms with Crippen LogP contribution in [0, 0.1) is 0 Å². The first-order valence-corrected chi connectivity index (χ1v) is 8.70. The molecular formula is C11H8BrClN2O3S2. The number of carbonyl (C=O) groups excluding carboxylic acids is 1. The fraction of sp³-hybridized carbons (Fsp3) is 0. The van der Waals surface area contributed by atoms with E-state index in [4.69, 9.17) is 17.3 Å².